The van der Waals surface area contributed by atoms with Crippen LogP contribution in [0.25, 0.3) is 16.4 Å². The van der Waals surface area contributed by atoms with Crippen molar-refractivity contribution in [2.75, 3.05) is 11.1 Å². The van der Waals surface area contributed by atoms with Gasteiger partial charge in [-0.1, -0.05) is 68.1 Å². The van der Waals surface area contributed by atoms with Crippen LogP contribution in [0.5, 0.6) is 0 Å². The number of benzene rings is 2. The molecule has 0 radical (unpaired) electrons. The van der Waals surface area contributed by atoms with Gasteiger partial charge in [0.25, 0.3) is 0 Å². The number of hydrogen-bond acceptors (Lipinski definition) is 5. The van der Waals surface area contributed by atoms with Crippen molar-refractivity contribution in [1.29, 1.82) is 0 Å². The van der Waals surface area contributed by atoms with E-state index in [0.717, 1.165) is 27.6 Å². The van der Waals surface area contributed by atoms with Gasteiger partial charge in [0, 0.05) is 11.4 Å². The van der Waals surface area contributed by atoms with Crippen LogP contribution in [0, 0.1) is 0 Å². The lowest BCUT2D eigenvalue weighted by Gasteiger charge is -2.13. The number of nitrogens with zero attached hydrogens (tertiary/aromatic N) is 3. The number of amides is 1. The molecule has 0 aliphatic rings. The molecule has 7 heteroatoms. The highest BCUT2D eigenvalue weighted by Gasteiger charge is 2.18. The van der Waals surface area contributed by atoms with Gasteiger partial charge in [-0.05, 0) is 41.1 Å². The molecule has 0 unspecified atom stereocenters. The maximum absolute atomic E-state index is 12.7. The number of anilines is 1. The lowest BCUT2D eigenvalue weighted by atomic mass is 10.0. The highest BCUT2D eigenvalue weighted by molar-refractivity contribution is 7.99. The largest absolute Gasteiger partial charge is 0.325 e. The number of aromatic nitrogens is 3. The minimum atomic E-state index is -0.0617. The van der Waals surface area contributed by atoms with Gasteiger partial charge in [0.05, 0.1) is 10.6 Å². The normalized spacial score (nSPS) is 11.0. The van der Waals surface area contributed by atoms with E-state index >= 15 is 0 Å². The highest BCUT2D eigenvalue weighted by atomic mass is 32.2. The maximum Gasteiger partial charge on any atom is 0.234 e. The van der Waals surface area contributed by atoms with Crippen LogP contribution in [-0.4, -0.2) is 26.4 Å². The highest BCUT2D eigenvalue weighted by Crippen LogP contribution is 2.30. The molecule has 0 aliphatic heterocycles. The molecule has 0 atom stereocenters. The summed E-state index contributed by atoms with van der Waals surface area (Å²) in [5.41, 5.74) is 2.96. The minimum Gasteiger partial charge on any atom is -0.325 e. The molecule has 4 aromatic rings. The Morgan fingerprint density at radius 2 is 1.80 bits per heavy atom. The molecule has 1 amide bonds. The lowest BCUT2D eigenvalue weighted by Crippen LogP contribution is -2.16. The molecule has 152 valence electrons. The van der Waals surface area contributed by atoms with Crippen molar-refractivity contribution in [1.82, 2.24) is 14.8 Å². The summed E-state index contributed by atoms with van der Waals surface area (Å²) >= 11 is 3.00. The van der Waals surface area contributed by atoms with Gasteiger partial charge in [0.15, 0.2) is 11.0 Å². The van der Waals surface area contributed by atoms with Gasteiger partial charge in [-0.15, -0.1) is 21.5 Å². The molecule has 0 bridgehead atoms. The van der Waals surface area contributed by atoms with Crippen LogP contribution in [0.3, 0.4) is 0 Å². The van der Waals surface area contributed by atoms with E-state index in [2.05, 4.69) is 29.4 Å². The van der Waals surface area contributed by atoms with Crippen molar-refractivity contribution in [2.24, 2.45) is 0 Å². The zero-order valence-electron chi connectivity index (χ0n) is 16.8. The second-order valence-electron chi connectivity index (χ2n) is 7.03. The summed E-state index contributed by atoms with van der Waals surface area (Å²) in [6.07, 6.45) is 0. The number of thioether (sulfide) groups is 1. The summed E-state index contributed by atoms with van der Waals surface area (Å²) in [7, 11) is 0. The summed E-state index contributed by atoms with van der Waals surface area (Å²) in [6.45, 7) is 4.24. The first kappa shape index (κ1) is 20.4. The third-order valence-corrected chi connectivity index (χ3v) is 6.37. The zero-order chi connectivity index (χ0) is 20.9. The molecule has 4 rings (SSSR count). The smallest absolute Gasteiger partial charge is 0.234 e. The van der Waals surface area contributed by atoms with Gasteiger partial charge in [-0.2, -0.15) is 0 Å². The van der Waals surface area contributed by atoms with Gasteiger partial charge in [0.2, 0.25) is 5.91 Å². The standard InChI is InChI=1S/C23H22N4OS2/c1-16(2)18-11-6-7-12-19(18)24-21(28)15-30-23-26-25-22(20-13-8-14-29-20)27(23)17-9-4-3-5-10-17/h3-14,16H,15H2,1-2H3,(H,24,28). The summed E-state index contributed by atoms with van der Waals surface area (Å²) in [4.78, 5) is 13.7. The third kappa shape index (κ3) is 4.47. The van der Waals surface area contributed by atoms with Gasteiger partial charge in [-0.3, -0.25) is 9.36 Å². The molecular weight excluding hydrogens is 412 g/mol. The quantitative estimate of drug-likeness (QED) is 0.371. The van der Waals surface area contributed by atoms with E-state index in [9.17, 15) is 4.79 Å². The van der Waals surface area contributed by atoms with Crippen molar-refractivity contribution in [3.63, 3.8) is 0 Å². The van der Waals surface area contributed by atoms with E-state index in [-0.39, 0.29) is 11.7 Å². The van der Waals surface area contributed by atoms with Crippen LogP contribution >= 0.6 is 23.1 Å². The first-order valence-electron chi connectivity index (χ1n) is 9.70. The van der Waals surface area contributed by atoms with Gasteiger partial charge in [0.1, 0.15) is 0 Å². The number of thiophene rings is 1. The lowest BCUT2D eigenvalue weighted by molar-refractivity contribution is -0.113. The molecule has 2 aromatic heterocycles. The molecule has 0 saturated carbocycles. The van der Waals surface area contributed by atoms with Crippen LogP contribution in [0.1, 0.15) is 25.3 Å². The van der Waals surface area contributed by atoms with Crippen molar-refractivity contribution < 1.29 is 4.79 Å². The number of rotatable bonds is 7. The predicted molar refractivity (Wildman–Crippen MR) is 125 cm³/mol. The molecule has 5 nitrogen and oxygen atoms in total. The Kier molecular flexibility index (Phi) is 6.30. The second-order valence-corrected chi connectivity index (χ2v) is 8.92. The van der Waals surface area contributed by atoms with Crippen molar-refractivity contribution in [2.45, 2.75) is 24.9 Å². The van der Waals surface area contributed by atoms with E-state index in [1.54, 1.807) is 11.3 Å². The molecule has 1 N–H and O–H groups in total. The fourth-order valence-electron chi connectivity index (χ4n) is 3.17. The Hall–Kier alpha value is -2.90. The SMILES string of the molecule is CC(C)c1ccccc1NC(=O)CSc1nnc(-c2cccs2)n1-c1ccccc1. The van der Waals surface area contributed by atoms with Gasteiger partial charge < -0.3 is 5.32 Å². The number of hydrogen-bond donors (Lipinski definition) is 1. The van der Waals surface area contributed by atoms with Crippen molar-refractivity contribution >= 4 is 34.7 Å². The summed E-state index contributed by atoms with van der Waals surface area (Å²) in [5, 5.41) is 14.5. The summed E-state index contributed by atoms with van der Waals surface area (Å²) < 4.78 is 2.01. The molecular formula is C23H22N4OS2. The van der Waals surface area contributed by atoms with Crippen molar-refractivity contribution in [3.8, 4) is 16.4 Å². The van der Waals surface area contributed by atoms with Crippen LogP contribution in [0.15, 0.2) is 77.3 Å². The molecule has 0 saturated heterocycles. The Labute approximate surface area is 184 Å². The maximum atomic E-state index is 12.7. The van der Waals surface area contributed by atoms with E-state index in [0.29, 0.717) is 11.1 Å². The Balaban J connectivity index is 1.55. The first-order valence-corrected chi connectivity index (χ1v) is 11.6. The molecule has 2 aromatic carbocycles. The average molecular weight is 435 g/mol. The van der Waals surface area contributed by atoms with Crippen LogP contribution in [0.2, 0.25) is 0 Å². The Bertz CT molecular complexity index is 1120. The Morgan fingerprint density at radius 1 is 1.03 bits per heavy atom. The molecule has 0 spiro atoms. The first-order chi connectivity index (χ1) is 14.6. The van der Waals surface area contributed by atoms with Crippen LogP contribution in [0.4, 0.5) is 5.69 Å². The third-order valence-electron chi connectivity index (χ3n) is 4.58. The van der Waals surface area contributed by atoms with E-state index in [4.69, 9.17) is 0 Å². The van der Waals surface area contributed by atoms with Crippen LogP contribution < -0.4 is 5.32 Å². The van der Waals surface area contributed by atoms with Crippen LogP contribution in [-0.2, 0) is 4.79 Å². The van der Waals surface area contributed by atoms with Gasteiger partial charge >= 0.3 is 0 Å². The number of carbonyl (C=O) groups is 1. The van der Waals surface area contributed by atoms with Crippen molar-refractivity contribution in [3.05, 3.63) is 77.7 Å². The van der Waals surface area contributed by atoms with E-state index in [1.165, 1.54) is 11.8 Å². The monoisotopic (exact) mass is 434 g/mol. The number of nitrogens with one attached hydrogen (secondary N) is 1. The second kappa shape index (κ2) is 9.28. The minimum absolute atomic E-state index is 0.0617. The fourth-order valence-corrected chi connectivity index (χ4v) is 4.62. The summed E-state index contributed by atoms with van der Waals surface area (Å²) in [5.74, 6) is 1.31. The molecule has 0 fully saturated rings. The van der Waals surface area contributed by atoms with Gasteiger partial charge in [-0.25, -0.2) is 0 Å². The number of para-hydroxylation sites is 2. The van der Waals surface area contributed by atoms with E-state index in [1.807, 2.05) is 76.7 Å². The molecule has 0 aliphatic carbocycles. The molecule has 2 heterocycles. The topological polar surface area (TPSA) is 59.8 Å². The Morgan fingerprint density at radius 3 is 2.53 bits per heavy atom. The number of carbonyl (C=O) groups excluding carboxylic acids is 1. The fraction of sp³-hybridized carbons (Fsp3) is 0.174. The molecule has 30 heavy (non-hydrogen) atoms. The zero-order valence-corrected chi connectivity index (χ0v) is 18.4. The average Bonchev–Trinajstić information content (AvgIpc) is 3.43. The summed E-state index contributed by atoms with van der Waals surface area (Å²) in [6, 6.07) is 21.9. The van der Waals surface area contributed by atoms with E-state index < -0.39 is 0 Å². The predicted octanol–water partition coefficient (Wildman–Crippen LogP) is 5.85.